The third kappa shape index (κ3) is 4.81. The molecule has 152 valence electrons. The molecule has 0 aromatic heterocycles. The molecule has 1 saturated carbocycles. The van der Waals surface area contributed by atoms with E-state index < -0.39 is 0 Å². The molecule has 1 saturated heterocycles. The Labute approximate surface area is 182 Å². The summed E-state index contributed by atoms with van der Waals surface area (Å²) in [5.74, 6) is 1.77. The highest BCUT2D eigenvalue weighted by Gasteiger charge is 2.45. The normalized spacial score (nSPS) is 21.2. The molecule has 2 atom stereocenters. The number of halogens is 1. The number of piperazine rings is 1. The summed E-state index contributed by atoms with van der Waals surface area (Å²) in [4.78, 5) is 18.5. The zero-order valence-corrected chi connectivity index (χ0v) is 18.4. The monoisotopic (exact) mass is 426 g/mol. The van der Waals surface area contributed by atoms with Crippen LogP contribution in [0.25, 0.3) is 0 Å². The molecule has 1 aliphatic carbocycles. The van der Waals surface area contributed by atoms with E-state index in [-0.39, 0.29) is 5.92 Å². The van der Waals surface area contributed by atoms with Gasteiger partial charge in [0.25, 0.3) is 0 Å². The minimum atomic E-state index is 0.176. The predicted octanol–water partition coefficient (Wildman–Crippen LogP) is 5.20. The van der Waals surface area contributed by atoms with Gasteiger partial charge >= 0.3 is 0 Å². The standard InChI is InChI=1S/C24H27ClN2OS/c1-17-14-20(25)8-9-23(17)29-16-18(2)26-10-12-27(13-11-26)24(28)22-15-21(22)19-6-4-3-5-7-19/h3-9,14,21-22H,2,10-13,15-16H2,1H3/t21-,22+/m0/s1. The molecule has 1 amide bonds. The van der Waals surface area contributed by atoms with E-state index in [0.29, 0.717) is 11.8 Å². The van der Waals surface area contributed by atoms with Gasteiger partial charge in [-0.25, -0.2) is 0 Å². The summed E-state index contributed by atoms with van der Waals surface area (Å²) < 4.78 is 0. The van der Waals surface area contributed by atoms with Gasteiger partial charge in [0.1, 0.15) is 0 Å². The highest BCUT2D eigenvalue weighted by atomic mass is 35.5. The largest absolute Gasteiger partial charge is 0.371 e. The van der Waals surface area contributed by atoms with Crippen molar-refractivity contribution in [3.05, 3.63) is 77.0 Å². The number of amides is 1. The van der Waals surface area contributed by atoms with Gasteiger partial charge in [0, 0.05) is 53.5 Å². The Hall–Kier alpha value is -1.91. The van der Waals surface area contributed by atoms with Gasteiger partial charge in [-0.05, 0) is 48.6 Å². The summed E-state index contributed by atoms with van der Waals surface area (Å²) in [6.07, 6.45) is 0.993. The lowest BCUT2D eigenvalue weighted by atomic mass is 10.1. The summed E-state index contributed by atoms with van der Waals surface area (Å²) in [7, 11) is 0. The van der Waals surface area contributed by atoms with Gasteiger partial charge in [-0.1, -0.05) is 48.5 Å². The zero-order chi connectivity index (χ0) is 20.4. The minimum absolute atomic E-state index is 0.176. The lowest BCUT2D eigenvalue weighted by Gasteiger charge is -2.37. The lowest BCUT2D eigenvalue weighted by Crippen LogP contribution is -2.48. The Morgan fingerprint density at radius 2 is 1.79 bits per heavy atom. The molecule has 3 nitrogen and oxygen atoms in total. The summed E-state index contributed by atoms with van der Waals surface area (Å²) >= 11 is 7.84. The molecule has 0 unspecified atom stereocenters. The predicted molar refractivity (Wildman–Crippen MR) is 121 cm³/mol. The van der Waals surface area contributed by atoms with E-state index in [2.05, 4.69) is 48.7 Å². The van der Waals surface area contributed by atoms with Crippen LogP contribution in [-0.2, 0) is 4.79 Å². The van der Waals surface area contributed by atoms with Crippen molar-refractivity contribution in [2.24, 2.45) is 5.92 Å². The van der Waals surface area contributed by atoms with E-state index >= 15 is 0 Å². The number of carbonyl (C=O) groups excluding carboxylic acids is 1. The second kappa shape index (κ2) is 8.85. The fourth-order valence-corrected chi connectivity index (χ4v) is 5.22. The van der Waals surface area contributed by atoms with E-state index in [1.165, 1.54) is 16.0 Å². The first-order valence-corrected chi connectivity index (χ1v) is 11.5. The Bertz CT molecular complexity index is 893. The van der Waals surface area contributed by atoms with Gasteiger partial charge in [-0.15, -0.1) is 11.8 Å². The molecule has 1 heterocycles. The lowest BCUT2D eigenvalue weighted by molar-refractivity contribution is -0.134. The van der Waals surface area contributed by atoms with Crippen molar-refractivity contribution in [2.45, 2.75) is 24.2 Å². The average Bonchev–Trinajstić information content (AvgIpc) is 3.54. The van der Waals surface area contributed by atoms with Crippen molar-refractivity contribution in [1.29, 1.82) is 0 Å². The second-order valence-corrected chi connectivity index (χ2v) is 9.39. The van der Waals surface area contributed by atoms with Gasteiger partial charge in [0.05, 0.1) is 0 Å². The molecule has 0 bridgehead atoms. The van der Waals surface area contributed by atoms with Crippen molar-refractivity contribution in [3.8, 4) is 0 Å². The fourth-order valence-electron chi connectivity index (χ4n) is 4.04. The average molecular weight is 427 g/mol. The number of benzene rings is 2. The molecule has 2 aliphatic rings. The molecule has 2 fully saturated rings. The topological polar surface area (TPSA) is 23.6 Å². The van der Waals surface area contributed by atoms with E-state index in [9.17, 15) is 4.79 Å². The number of rotatable bonds is 6. The maximum Gasteiger partial charge on any atom is 0.226 e. The fraction of sp³-hybridized carbons (Fsp3) is 0.375. The number of carbonyl (C=O) groups is 1. The summed E-state index contributed by atoms with van der Waals surface area (Å²) in [5.41, 5.74) is 3.63. The van der Waals surface area contributed by atoms with E-state index in [1.807, 2.05) is 23.1 Å². The molecule has 4 rings (SSSR count). The molecule has 0 spiro atoms. The number of aryl methyl sites for hydroxylation is 1. The molecule has 29 heavy (non-hydrogen) atoms. The van der Waals surface area contributed by atoms with E-state index in [4.69, 9.17) is 11.6 Å². The first-order valence-electron chi connectivity index (χ1n) is 10.2. The highest BCUT2D eigenvalue weighted by molar-refractivity contribution is 7.99. The van der Waals surface area contributed by atoms with E-state index in [1.54, 1.807) is 11.8 Å². The molecular weight excluding hydrogens is 400 g/mol. The van der Waals surface area contributed by atoms with Crippen LogP contribution < -0.4 is 0 Å². The van der Waals surface area contributed by atoms with Gasteiger partial charge < -0.3 is 9.80 Å². The van der Waals surface area contributed by atoms with Gasteiger partial charge in [-0.2, -0.15) is 0 Å². The number of nitrogens with zero attached hydrogens (tertiary/aromatic N) is 2. The Morgan fingerprint density at radius 1 is 1.10 bits per heavy atom. The Kier molecular flexibility index (Phi) is 6.21. The SMILES string of the molecule is C=C(CSc1ccc(Cl)cc1C)N1CCN(C(=O)[C@@H]2C[C@H]2c2ccccc2)CC1. The van der Waals surface area contributed by atoms with Crippen LogP contribution in [0.15, 0.2) is 65.7 Å². The van der Waals surface area contributed by atoms with Crippen LogP contribution in [-0.4, -0.2) is 47.6 Å². The summed E-state index contributed by atoms with van der Waals surface area (Å²) in [6, 6.07) is 16.4. The van der Waals surface area contributed by atoms with E-state index in [0.717, 1.165) is 49.1 Å². The van der Waals surface area contributed by atoms with Crippen LogP contribution >= 0.6 is 23.4 Å². The van der Waals surface area contributed by atoms with Crippen LogP contribution in [0, 0.1) is 12.8 Å². The first kappa shape index (κ1) is 20.4. The maximum atomic E-state index is 12.9. The molecule has 2 aromatic carbocycles. The Morgan fingerprint density at radius 3 is 2.48 bits per heavy atom. The van der Waals surface area contributed by atoms with Crippen LogP contribution in [0.5, 0.6) is 0 Å². The van der Waals surface area contributed by atoms with Crippen molar-refractivity contribution in [3.63, 3.8) is 0 Å². The quantitative estimate of drug-likeness (QED) is 0.593. The summed E-state index contributed by atoms with van der Waals surface area (Å²) in [6.45, 7) is 9.69. The van der Waals surface area contributed by atoms with Crippen LogP contribution in [0.1, 0.15) is 23.5 Å². The van der Waals surface area contributed by atoms with Gasteiger partial charge in [0.15, 0.2) is 0 Å². The van der Waals surface area contributed by atoms with Crippen molar-refractivity contribution >= 4 is 29.3 Å². The molecule has 0 N–H and O–H groups in total. The van der Waals surface area contributed by atoms with Crippen LogP contribution in [0.2, 0.25) is 5.02 Å². The van der Waals surface area contributed by atoms with Crippen molar-refractivity contribution < 1.29 is 4.79 Å². The Balaban J connectivity index is 1.24. The molecule has 5 heteroatoms. The van der Waals surface area contributed by atoms with Crippen LogP contribution in [0.4, 0.5) is 0 Å². The van der Waals surface area contributed by atoms with Crippen LogP contribution in [0.3, 0.4) is 0 Å². The highest BCUT2D eigenvalue weighted by Crippen LogP contribution is 2.48. The number of hydrogen-bond acceptors (Lipinski definition) is 3. The third-order valence-electron chi connectivity index (χ3n) is 5.91. The zero-order valence-electron chi connectivity index (χ0n) is 16.8. The number of thioether (sulfide) groups is 1. The number of hydrogen-bond donors (Lipinski definition) is 0. The summed E-state index contributed by atoms with van der Waals surface area (Å²) in [5, 5.41) is 0.775. The van der Waals surface area contributed by atoms with Gasteiger partial charge in [-0.3, -0.25) is 4.79 Å². The molecule has 2 aromatic rings. The smallest absolute Gasteiger partial charge is 0.226 e. The molecule has 0 radical (unpaired) electrons. The third-order valence-corrected chi connectivity index (χ3v) is 7.39. The van der Waals surface area contributed by atoms with Gasteiger partial charge in [0.2, 0.25) is 5.91 Å². The molecule has 1 aliphatic heterocycles. The first-order chi connectivity index (χ1) is 14.0. The molecular formula is C24H27ClN2OS. The van der Waals surface area contributed by atoms with Crippen molar-refractivity contribution in [1.82, 2.24) is 9.80 Å². The maximum absolute atomic E-state index is 12.9. The van der Waals surface area contributed by atoms with Crippen molar-refractivity contribution in [2.75, 3.05) is 31.9 Å². The minimum Gasteiger partial charge on any atom is -0.371 e. The second-order valence-electron chi connectivity index (χ2n) is 7.94.